The van der Waals surface area contributed by atoms with Crippen molar-refractivity contribution in [3.63, 3.8) is 0 Å². The Hall–Kier alpha value is -0.0151. The number of hydrogen-bond donors (Lipinski definition) is 0. The van der Waals surface area contributed by atoms with Crippen LogP contribution in [0.3, 0.4) is 0 Å². The zero-order valence-electron chi connectivity index (χ0n) is 12.3. The summed E-state index contributed by atoms with van der Waals surface area (Å²) in [5.41, 5.74) is 0.566. The van der Waals surface area contributed by atoms with Crippen LogP contribution in [0.25, 0.3) is 0 Å². The predicted octanol–water partition coefficient (Wildman–Crippen LogP) is 2.49. The quantitative estimate of drug-likeness (QED) is 0.610. The third-order valence-electron chi connectivity index (χ3n) is 6.79. The molecule has 3 fully saturated rings. The molecule has 2 saturated heterocycles. The van der Waals surface area contributed by atoms with Crippen LogP contribution >= 0.6 is 0 Å². The van der Waals surface area contributed by atoms with Crippen LogP contribution in [-0.4, -0.2) is 45.1 Å². The monoisotopic (exact) mass is 247 g/mol. The van der Waals surface area contributed by atoms with E-state index in [1.165, 1.54) is 19.4 Å². The molecule has 0 bridgehead atoms. The Labute approximate surface area is 113 Å². The lowest BCUT2D eigenvalue weighted by atomic mass is 9.41. The third-order valence-corrected chi connectivity index (χ3v) is 6.79. The Morgan fingerprint density at radius 2 is 1.78 bits per heavy atom. The third kappa shape index (κ3) is 1.44. The highest BCUT2D eigenvalue weighted by atomic mass is 16.5. The van der Waals surface area contributed by atoms with Crippen LogP contribution in [0.1, 0.15) is 40.0 Å². The summed E-state index contributed by atoms with van der Waals surface area (Å²) in [6, 6.07) is 0. The van der Waals surface area contributed by atoms with E-state index in [0.717, 1.165) is 31.5 Å². The van der Waals surface area contributed by atoms with E-state index >= 15 is 0 Å². The molecule has 3 rings (SSSR count). The number of piperidine rings is 1. The molecule has 0 aromatic heterocycles. The first-order valence-electron chi connectivity index (χ1n) is 7.39. The molecule has 3 atom stereocenters. The highest BCUT2D eigenvalue weighted by molar-refractivity contribution is 6.15. The fraction of sp³-hybridized carbons (Fsp3) is 1.00. The number of fused-ring (bicyclic) bond motifs is 2. The summed E-state index contributed by atoms with van der Waals surface area (Å²) in [6.07, 6.45) is 3.72. The number of likely N-dealkylation sites (N-methyl/N-ethyl adjacent to an activating group) is 1. The summed E-state index contributed by atoms with van der Waals surface area (Å²) in [5.74, 6) is 1.53. The molecule has 2 aliphatic heterocycles. The van der Waals surface area contributed by atoms with Gasteiger partial charge < -0.3 is 4.74 Å². The summed E-state index contributed by atoms with van der Waals surface area (Å²) in [4.78, 5) is 2.56. The molecule has 18 heavy (non-hydrogen) atoms. The van der Waals surface area contributed by atoms with Gasteiger partial charge in [0.05, 0.1) is 26.6 Å². The highest BCUT2D eigenvalue weighted by Crippen LogP contribution is 2.63. The molecule has 3 aliphatic rings. The van der Waals surface area contributed by atoms with E-state index in [0.29, 0.717) is 5.54 Å². The van der Waals surface area contributed by atoms with Crippen LogP contribution in [0.5, 0.6) is 0 Å². The SMILES string of the molecule is [B]C1(C)CCC2C(CCN(C)C23COC3)C1(C)C. The maximum atomic E-state index is 6.60. The van der Waals surface area contributed by atoms with Crippen LogP contribution in [0.2, 0.25) is 5.31 Å². The Morgan fingerprint density at radius 3 is 2.33 bits per heavy atom. The Morgan fingerprint density at radius 1 is 1.11 bits per heavy atom. The van der Waals surface area contributed by atoms with Gasteiger partial charge in [-0.2, -0.15) is 0 Å². The zero-order valence-corrected chi connectivity index (χ0v) is 12.3. The lowest BCUT2D eigenvalue weighted by Gasteiger charge is -2.66. The second kappa shape index (κ2) is 3.76. The van der Waals surface area contributed by atoms with Crippen LogP contribution in [0.15, 0.2) is 0 Å². The summed E-state index contributed by atoms with van der Waals surface area (Å²) in [7, 11) is 8.88. The number of nitrogens with zero attached hydrogens (tertiary/aromatic N) is 1. The second-order valence-corrected chi connectivity index (χ2v) is 7.70. The van der Waals surface area contributed by atoms with Gasteiger partial charge in [-0.1, -0.05) is 32.5 Å². The van der Waals surface area contributed by atoms with Gasteiger partial charge in [0.1, 0.15) is 0 Å². The number of likely N-dealkylation sites (tertiary alicyclic amines) is 1. The molecule has 3 heteroatoms. The van der Waals surface area contributed by atoms with Crippen molar-refractivity contribution in [1.82, 2.24) is 4.90 Å². The molecule has 1 aliphatic carbocycles. The molecule has 1 saturated carbocycles. The molecule has 2 heterocycles. The number of ether oxygens (including phenoxy) is 1. The maximum Gasteiger partial charge on any atom is 0.0749 e. The molecular formula is C15H26BNO. The standard InChI is InChI=1S/C15H26BNO/c1-13(2)11-6-8-17(4)15(9-18-10-15)12(11)5-7-14(13,3)16/h11-12H,5-10H2,1-4H3. The van der Waals surface area contributed by atoms with Gasteiger partial charge in [-0.25, -0.2) is 0 Å². The van der Waals surface area contributed by atoms with Gasteiger partial charge in [-0.3, -0.25) is 4.90 Å². The highest BCUT2D eigenvalue weighted by Gasteiger charge is 2.60. The summed E-state index contributed by atoms with van der Waals surface area (Å²) < 4.78 is 5.58. The van der Waals surface area contributed by atoms with Gasteiger partial charge in [-0.15, -0.1) is 0 Å². The first kappa shape index (κ1) is 13.0. The minimum absolute atomic E-state index is 0.0180. The molecule has 100 valence electrons. The molecule has 2 nitrogen and oxygen atoms in total. The van der Waals surface area contributed by atoms with Crippen molar-refractivity contribution in [2.75, 3.05) is 26.8 Å². The number of rotatable bonds is 0. The van der Waals surface area contributed by atoms with Crippen molar-refractivity contribution in [3.8, 4) is 0 Å². The molecule has 0 aromatic rings. The van der Waals surface area contributed by atoms with Crippen molar-refractivity contribution >= 4 is 7.85 Å². The van der Waals surface area contributed by atoms with Crippen molar-refractivity contribution in [3.05, 3.63) is 0 Å². The van der Waals surface area contributed by atoms with Gasteiger partial charge in [0.2, 0.25) is 0 Å². The van der Waals surface area contributed by atoms with E-state index in [2.05, 4.69) is 32.7 Å². The lowest BCUT2D eigenvalue weighted by Crippen LogP contribution is -2.71. The molecule has 1 spiro atoms. The van der Waals surface area contributed by atoms with Gasteiger partial charge in [0.25, 0.3) is 0 Å². The Bertz CT molecular complexity index is 346. The van der Waals surface area contributed by atoms with Crippen molar-refractivity contribution in [2.24, 2.45) is 17.3 Å². The van der Waals surface area contributed by atoms with Gasteiger partial charge in [0.15, 0.2) is 0 Å². The van der Waals surface area contributed by atoms with E-state index in [4.69, 9.17) is 12.6 Å². The largest absolute Gasteiger partial charge is 0.377 e. The molecular weight excluding hydrogens is 221 g/mol. The van der Waals surface area contributed by atoms with Gasteiger partial charge in [-0.05, 0) is 43.7 Å². The molecule has 0 amide bonds. The summed E-state index contributed by atoms with van der Waals surface area (Å²) in [6.45, 7) is 10.1. The maximum absolute atomic E-state index is 6.60. The minimum atomic E-state index is -0.0180. The minimum Gasteiger partial charge on any atom is -0.377 e. The molecule has 0 N–H and O–H groups in total. The summed E-state index contributed by atoms with van der Waals surface area (Å²) in [5, 5.41) is -0.0180. The zero-order chi connectivity index (χ0) is 13.2. The predicted molar refractivity (Wildman–Crippen MR) is 74.9 cm³/mol. The topological polar surface area (TPSA) is 12.5 Å². The Balaban J connectivity index is 1.94. The van der Waals surface area contributed by atoms with Crippen LogP contribution in [0, 0.1) is 17.3 Å². The fourth-order valence-corrected chi connectivity index (χ4v) is 4.69. The average Bonchev–Trinajstić information content (AvgIpc) is 2.21. The van der Waals surface area contributed by atoms with Crippen molar-refractivity contribution in [1.29, 1.82) is 0 Å². The van der Waals surface area contributed by atoms with Crippen molar-refractivity contribution < 1.29 is 4.74 Å². The van der Waals surface area contributed by atoms with Gasteiger partial charge >= 0.3 is 0 Å². The van der Waals surface area contributed by atoms with Crippen LogP contribution < -0.4 is 0 Å². The lowest BCUT2D eigenvalue weighted by molar-refractivity contribution is -0.214. The average molecular weight is 247 g/mol. The molecule has 0 aromatic carbocycles. The molecule has 3 unspecified atom stereocenters. The Kier molecular flexibility index (Phi) is 2.71. The fourth-order valence-electron chi connectivity index (χ4n) is 4.69. The van der Waals surface area contributed by atoms with Crippen LogP contribution in [0.4, 0.5) is 0 Å². The van der Waals surface area contributed by atoms with E-state index in [1.807, 2.05) is 0 Å². The van der Waals surface area contributed by atoms with E-state index in [-0.39, 0.29) is 10.7 Å². The first-order valence-corrected chi connectivity index (χ1v) is 7.39. The normalized spacial score (nSPS) is 46.4. The first-order chi connectivity index (χ1) is 8.31. The summed E-state index contributed by atoms with van der Waals surface area (Å²) >= 11 is 0. The van der Waals surface area contributed by atoms with Crippen LogP contribution in [-0.2, 0) is 4.74 Å². The van der Waals surface area contributed by atoms with E-state index in [9.17, 15) is 0 Å². The van der Waals surface area contributed by atoms with E-state index in [1.54, 1.807) is 0 Å². The molecule has 2 radical (unpaired) electrons. The smallest absolute Gasteiger partial charge is 0.0749 e. The van der Waals surface area contributed by atoms with Gasteiger partial charge in [0, 0.05) is 0 Å². The number of hydrogen-bond acceptors (Lipinski definition) is 2. The van der Waals surface area contributed by atoms with Crippen molar-refractivity contribution in [2.45, 2.75) is 50.9 Å². The second-order valence-electron chi connectivity index (χ2n) is 7.70. The van der Waals surface area contributed by atoms with E-state index < -0.39 is 0 Å².